The van der Waals surface area contributed by atoms with Gasteiger partial charge >= 0.3 is 0 Å². The van der Waals surface area contributed by atoms with E-state index in [1.54, 1.807) is 0 Å². The molecule has 1 atom stereocenters. The summed E-state index contributed by atoms with van der Waals surface area (Å²) in [4.78, 5) is 0. The summed E-state index contributed by atoms with van der Waals surface area (Å²) in [6.45, 7) is 3.24. The quantitative estimate of drug-likeness (QED) is 0.894. The first-order valence-corrected chi connectivity index (χ1v) is 6.99. The number of pyridine rings is 1. The molecule has 96 valence electrons. The number of aromatic nitrogens is 2. The van der Waals surface area contributed by atoms with Crippen molar-refractivity contribution in [2.75, 3.05) is 0 Å². The van der Waals surface area contributed by atoms with Crippen molar-refractivity contribution in [1.29, 1.82) is 0 Å². The van der Waals surface area contributed by atoms with Gasteiger partial charge in [0.1, 0.15) is 0 Å². The smallest absolute Gasteiger partial charge is 0.0706 e. The molecule has 1 fully saturated rings. The van der Waals surface area contributed by atoms with Gasteiger partial charge in [-0.3, -0.25) is 0 Å². The van der Waals surface area contributed by atoms with Crippen LogP contribution < -0.4 is 5.32 Å². The van der Waals surface area contributed by atoms with E-state index in [9.17, 15) is 0 Å². The molecular weight excluding hydrogens is 222 g/mol. The minimum absolute atomic E-state index is 0.617. The van der Waals surface area contributed by atoms with Gasteiger partial charge < -0.3 is 5.32 Å². The highest BCUT2D eigenvalue weighted by atomic mass is 15.2. The molecule has 0 bridgehead atoms. The fraction of sp³-hybridized carbons (Fsp3) is 0.533. The predicted molar refractivity (Wildman–Crippen MR) is 73.5 cm³/mol. The first kappa shape index (κ1) is 11.7. The zero-order chi connectivity index (χ0) is 12.4. The number of hydrogen-bond donors (Lipinski definition) is 1. The maximum Gasteiger partial charge on any atom is 0.0706 e. The Morgan fingerprint density at radius 3 is 3.06 bits per heavy atom. The lowest BCUT2D eigenvalue weighted by atomic mass is 10.00. The zero-order valence-electron chi connectivity index (χ0n) is 11.0. The summed E-state index contributed by atoms with van der Waals surface area (Å²) in [7, 11) is 0. The summed E-state index contributed by atoms with van der Waals surface area (Å²) in [6, 6.07) is 6.83. The van der Waals surface area contributed by atoms with Crippen molar-refractivity contribution in [1.82, 2.24) is 14.9 Å². The Labute approximate surface area is 108 Å². The maximum absolute atomic E-state index is 4.37. The molecule has 2 heterocycles. The Bertz CT molecular complexity index is 511. The molecule has 2 aromatic heterocycles. The van der Waals surface area contributed by atoms with Gasteiger partial charge in [-0.05, 0) is 37.8 Å². The fourth-order valence-corrected chi connectivity index (χ4v) is 3.02. The second kappa shape index (κ2) is 5.11. The predicted octanol–water partition coefficient (Wildman–Crippen LogP) is 3.00. The first-order chi connectivity index (χ1) is 8.84. The van der Waals surface area contributed by atoms with Crippen LogP contribution >= 0.6 is 0 Å². The SMILES string of the molecule is C[C@H](NCc1cnn2ccccc12)C1CCCC1. The summed E-state index contributed by atoms with van der Waals surface area (Å²) < 4.78 is 1.94. The van der Waals surface area contributed by atoms with Gasteiger partial charge in [0.25, 0.3) is 0 Å². The topological polar surface area (TPSA) is 29.3 Å². The summed E-state index contributed by atoms with van der Waals surface area (Å²) in [5.41, 5.74) is 2.50. The van der Waals surface area contributed by atoms with Crippen LogP contribution in [0.3, 0.4) is 0 Å². The molecule has 0 aromatic carbocycles. The molecule has 0 spiro atoms. The molecule has 18 heavy (non-hydrogen) atoms. The van der Waals surface area contributed by atoms with E-state index in [1.165, 1.54) is 36.8 Å². The average molecular weight is 243 g/mol. The molecule has 0 unspecified atom stereocenters. The summed E-state index contributed by atoms with van der Waals surface area (Å²) in [5.74, 6) is 0.867. The lowest BCUT2D eigenvalue weighted by molar-refractivity contribution is 0.381. The van der Waals surface area contributed by atoms with E-state index in [4.69, 9.17) is 0 Å². The van der Waals surface area contributed by atoms with Gasteiger partial charge in [0, 0.05) is 24.3 Å². The van der Waals surface area contributed by atoms with Crippen LogP contribution in [0.1, 0.15) is 38.2 Å². The molecule has 0 amide bonds. The number of nitrogens with one attached hydrogen (secondary N) is 1. The number of nitrogens with zero attached hydrogens (tertiary/aromatic N) is 2. The van der Waals surface area contributed by atoms with Crippen LogP contribution in [0, 0.1) is 5.92 Å². The van der Waals surface area contributed by atoms with Crippen LogP contribution in [0.5, 0.6) is 0 Å². The fourth-order valence-electron chi connectivity index (χ4n) is 3.02. The van der Waals surface area contributed by atoms with E-state index in [2.05, 4.69) is 29.5 Å². The highest BCUT2D eigenvalue weighted by molar-refractivity contribution is 5.53. The molecule has 1 aliphatic rings. The van der Waals surface area contributed by atoms with Gasteiger partial charge in [-0.15, -0.1) is 0 Å². The maximum atomic E-state index is 4.37. The Morgan fingerprint density at radius 2 is 2.22 bits per heavy atom. The normalized spacial score (nSPS) is 18.5. The molecular formula is C15H21N3. The summed E-state index contributed by atoms with van der Waals surface area (Å²) >= 11 is 0. The van der Waals surface area contributed by atoms with Crippen molar-refractivity contribution in [3.8, 4) is 0 Å². The van der Waals surface area contributed by atoms with Crippen molar-refractivity contribution in [3.63, 3.8) is 0 Å². The molecule has 3 rings (SSSR count). The van der Waals surface area contributed by atoms with Gasteiger partial charge in [0.15, 0.2) is 0 Å². The van der Waals surface area contributed by atoms with Crippen LogP contribution in [0.2, 0.25) is 0 Å². The van der Waals surface area contributed by atoms with Crippen LogP contribution in [0.4, 0.5) is 0 Å². The van der Waals surface area contributed by atoms with Gasteiger partial charge in [-0.2, -0.15) is 5.10 Å². The third-order valence-corrected chi connectivity index (χ3v) is 4.23. The van der Waals surface area contributed by atoms with E-state index >= 15 is 0 Å². The summed E-state index contributed by atoms with van der Waals surface area (Å²) in [6.07, 6.45) is 9.58. The Morgan fingerprint density at radius 1 is 1.39 bits per heavy atom. The van der Waals surface area contributed by atoms with Crippen molar-refractivity contribution in [3.05, 3.63) is 36.2 Å². The minimum atomic E-state index is 0.617. The zero-order valence-corrected chi connectivity index (χ0v) is 11.0. The molecule has 0 radical (unpaired) electrons. The van der Waals surface area contributed by atoms with Crippen LogP contribution in [-0.2, 0) is 6.54 Å². The Hall–Kier alpha value is -1.35. The lowest BCUT2D eigenvalue weighted by Crippen LogP contribution is -2.31. The molecule has 3 nitrogen and oxygen atoms in total. The van der Waals surface area contributed by atoms with Crippen molar-refractivity contribution < 1.29 is 0 Å². The molecule has 1 aliphatic carbocycles. The van der Waals surface area contributed by atoms with Gasteiger partial charge in [-0.25, -0.2) is 4.52 Å². The third kappa shape index (κ3) is 2.27. The van der Waals surface area contributed by atoms with E-state index in [0.717, 1.165) is 12.5 Å². The van der Waals surface area contributed by atoms with Gasteiger partial charge in [-0.1, -0.05) is 18.9 Å². The van der Waals surface area contributed by atoms with Crippen molar-refractivity contribution in [2.24, 2.45) is 5.92 Å². The Kier molecular flexibility index (Phi) is 3.33. The monoisotopic (exact) mass is 243 g/mol. The van der Waals surface area contributed by atoms with Crippen LogP contribution in [-0.4, -0.2) is 15.7 Å². The van der Waals surface area contributed by atoms with Crippen molar-refractivity contribution >= 4 is 5.52 Å². The number of hydrogen-bond acceptors (Lipinski definition) is 2. The second-order valence-electron chi connectivity index (χ2n) is 5.41. The third-order valence-electron chi connectivity index (χ3n) is 4.23. The van der Waals surface area contributed by atoms with Crippen molar-refractivity contribution in [2.45, 2.75) is 45.2 Å². The second-order valence-corrected chi connectivity index (χ2v) is 5.41. The number of fused-ring (bicyclic) bond motifs is 1. The van der Waals surface area contributed by atoms with Gasteiger partial charge in [0.05, 0.1) is 11.7 Å². The first-order valence-electron chi connectivity index (χ1n) is 6.99. The molecule has 3 heteroatoms. The molecule has 1 N–H and O–H groups in total. The van der Waals surface area contributed by atoms with E-state index < -0.39 is 0 Å². The molecule has 0 saturated heterocycles. The van der Waals surface area contributed by atoms with E-state index in [1.807, 2.05) is 23.0 Å². The lowest BCUT2D eigenvalue weighted by Gasteiger charge is -2.20. The molecule has 2 aromatic rings. The summed E-state index contributed by atoms with van der Waals surface area (Å²) in [5, 5.41) is 8.04. The Balaban J connectivity index is 1.65. The minimum Gasteiger partial charge on any atom is -0.310 e. The standard InChI is InChI=1S/C15H21N3/c1-12(13-6-2-3-7-13)16-10-14-11-17-18-9-5-4-8-15(14)18/h4-5,8-9,11-13,16H,2-3,6-7,10H2,1H3/t12-/m0/s1. The van der Waals surface area contributed by atoms with Crippen LogP contribution in [0.15, 0.2) is 30.6 Å². The molecule has 0 aliphatic heterocycles. The highest BCUT2D eigenvalue weighted by Crippen LogP contribution is 2.27. The van der Waals surface area contributed by atoms with Gasteiger partial charge in [0.2, 0.25) is 0 Å². The average Bonchev–Trinajstić information content (AvgIpc) is 3.06. The van der Waals surface area contributed by atoms with E-state index in [-0.39, 0.29) is 0 Å². The molecule has 1 saturated carbocycles. The highest BCUT2D eigenvalue weighted by Gasteiger charge is 2.21. The van der Waals surface area contributed by atoms with E-state index in [0.29, 0.717) is 6.04 Å². The largest absolute Gasteiger partial charge is 0.310 e. The number of rotatable bonds is 4. The van der Waals surface area contributed by atoms with Crippen LogP contribution in [0.25, 0.3) is 5.52 Å².